The molecule has 2 rings (SSSR count). The van der Waals surface area contributed by atoms with Crippen LogP contribution in [0.25, 0.3) is 0 Å². The van der Waals surface area contributed by atoms with E-state index < -0.39 is 0 Å². The molecule has 0 N–H and O–H groups in total. The highest BCUT2D eigenvalue weighted by molar-refractivity contribution is 5.94. The quantitative estimate of drug-likeness (QED) is 0.715. The molecule has 0 bridgehead atoms. The molecule has 0 spiro atoms. The summed E-state index contributed by atoms with van der Waals surface area (Å²) in [6.45, 7) is 6.82. The van der Waals surface area contributed by atoms with Crippen molar-refractivity contribution >= 4 is 11.7 Å². The van der Waals surface area contributed by atoms with E-state index in [-0.39, 0.29) is 5.91 Å². The fraction of sp³-hybridized carbons (Fsp3) is 0.684. The van der Waals surface area contributed by atoms with Crippen molar-refractivity contribution in [1.82, 2.24) is 19.7 Å². The number of likely N-dealkylation sites (tertiary alicyclic amines) is 1. The summed E-state index contributed by atoms with van der Waals surface area (Å²) in [5, 5.41) is 0. The lowest BCUT2D eigenvalue weighted by molar-refractivity contribution is 0.0694. The summed E-state index contributed by atoms with van der Waals surface area (Å²) in [7, 11) is 7.99. The van der Waals surface area contributed by atoms with Crippen molar-refractivity contribution in [2.75, 3.05) is 65.8 Å². The van der Waals surface area contributed by atoms with Crippen molar-refractivity contribution in [1.29, 1.82) is 0 Å². The Bertz CT molecular complexity index is 543. The maximum absolute atomic E-state index is 13.1. The third-order valence-electron chi connectivity index (χ3n) is 4.89. The number of amides is 1. The highest BCUT2D eigenvalue weighted by Gasteiger charge is 2.27. The second-order valence-corrected chi connectivity index (χ2v) is 7.28. The van der Waals surface area contributed by atoms with Crippen LogP contribution >= 0.6 is 0 Å². The number of hydrogen-bond acceptors (Lipinski definition) is 5. The smallest absolute Gasteiger partial charge is 0.255 e. The highest BCUT2D eigenvalue weighted by atomic mass is 16.2. The molecule has 1 aromatic heterocycles. The first-order valence-corrected chi connectivity index (χ1v) is 9.23. The molecule has 1 saturated heterocycles. The predicted octanol–water partition coefficient (Wildman–Crippen LogP) is 1.64. The van der Waals surface area contributed by atoms with Crippen LogP contribution in [0.15, 0.2) is 18.3 Å². The summed E-state index contributed by atoms with van der Waals surface area (Å²) in [5.74, 6) is 0.951. The molecule has 6 heteroatoms. The van der Waals surface area contributed by atoms with Gasteiger partial charge in [-0.15, -0.1) is 0 Å². The Morgan fingerprint density at radius 2 is 2.00 bits per heavy atom. The molecular formula is C19H33N5O. The fourth-order valence-electron chi connectivity index (χ4n) is 3.33. The third kappa shape index (κ3) is 5.41. The third-order valence-corrected chi connectivity index (χ3v) is 4.89. The van der Waals surface area contributed by atoms with Gasteiger partial charge < -0.3 is 14.7 Å². The van der Waals surface area contributed by atoms with Gasteiger partial charge in [-0.2, -0.15) is 0 Å². The molecule has 0 aliphatic carbocycles. The summed E-state index contributed by atoms with van der Waals surface area (Å²) in [6.07, 6.45) is 4.11. The number of aromatic nitrogens is 1. The van der Waals surface area contributed by atoms with Crippen molar-refractivity contribution < 1.29 is 4.79 Å². The van der Waals surface area contributed by atoms with E-state index >= 15 is 0 Å². The van der Waals surface area contributed by atoms with Crippen molar-refractivity contribution in [2.45, 2.75) is 25.8 Å². The average molecular weight is 348 g/mol. The van der Waals surface area contributed by atoms with Gasteiger partial charge in [-0.05, 0) is 52.2 Å². The molecule has 25 heavy (non-hydrogen) atoms. The molecule has 6 nitrogen and oxygen atoms in total. The van der Waals surface area contributed by atoms with E-state index in [9.17, 15) is 4.79 Å². The molecule has 1 aromatic rings. The molecular weight excluding hydrogens is 314 g/mol. The molecule has 0 aromatic carbocycles. The minimum atomic E-state index is 0.0857. The molecule has 1 amide bonds. The minimum absolute atomic E-state index is 0.0857. The molecule has 0 saturated carbocycles. The van der Waals surface area contributed by atoms with Crippen LogP contribution < -0.4 is 4.90 Å². The number of hydrogen-bond donors (Lipinski definition) is 0. The molecule has 1 aliphatic rings. The molecule has 1 atom stereocenters. The van der Waals surface area contributed by atoms with Crippen molar-refractivity contribution in [3.05, 3.63) is 23.9 Å². The van der Waals surface area contributed by atoms with Crippen LogP contribution in [0.4, 0.5) is 5.82 Å². The van der Waals surface area contributed by atoms with E-state index in [4.69, 9.17) is 0 Å². The Morgan fingerprint density at radius 3 is 2.56 bits per heavy atom. The van der Waals surface area contributed by atoms with Crippen LogP contribution in [0.5, 0.6) is 0 Å². The van der Waals surface area contributed by atoms with Gasteiger partial charge >= 0.3 is 0 Å². The maximum atomic E-state index is 13.1. The average Bonchev–Trinajstić information content (AvgIpc) is 3.05. The largest absolute Gasteiger partial charge is 0.363 e. The molecule has 1 aliphatic heterocycles. The first-order chi connectivity index (χ1) is 11.9. The van der Waals surface area contributed by atoms with Crippen LogP contribution in [-0.4, -0.2) is 92.5 Å². The molecule has 0 radical (unpaired) electrons. The number of anilines is 1. The summed E-state index contributed by atoms with van der Waals surface area (Å²) < 4.78 is 0. The Morgan fingerprint density at radius 1 is 1.24 bits per heavy atom. The zero-order valence-corrected chi connectivity index (χ0v) is 16.4. The number of rotatable bonds is 8. The first-order valence-electron chi connectivity index (χ1n) is 9.23. The highest BCUT2D eigenvalue weighted by Crippen LogP contribution is 2.19. The zero-order chi connectivity index (χ0) is 18.4. The zero-order valence-electron chi connectivity index (χ0n) is 16.4. The fourth-order valence-corrected chi connectivity index (χ4v) is 3.33. The summed E-state index contributed by atoms with van der Waals surface area (Å²) in [6, 6.07) is 4.27. The molecule has 2 heterocycles. The molecule has 140 valence electrons. The number of nitrogens with zero attached hydrogens (tertiary/aromatic N) is 5. The van der Waals surface area contributed by atoms with Gasteiger partial charge in [-0.25, -0.2) is 4.98 Å². The number of likely N-dealkylation sites (N-methyl/N-ethyl adjacent to an activating group) is 2. The van der Waals surface area contributed by atoms with Crippen molar-refractivity contribution in [3.63, 3.8) is 0 Å². The van der Waals surface area contributed by atoms with Gasteiger partial charge in [0.25, 0.3) is 5.91 Å². The van der Waals surface area contributed by atoms with Crippen molar-refractivity contribution in [3.8, 4) is 0 Å². The van der Waals surface area contributed by atoms with Gasteiger partial charge in [-0.3, -0.25) is 9.69 Å². The summed E-state index contributed by atoms with van der Waals surface area (Å²) in [5.41, 5.74) is 0.672. The van der Waals surface area contributed by atoms with E-state index in [1.54, 1.807) is 6.20 Å². The van der Waals surface area contributed by atoms with Gasteiger partial charge in [0.05, 0.1) is 5.56 Å². The number of carbonyl (C=O) groups is 1. The van der Waals surface area contributed by atoms with Crippen molar-refractivity contribution in [2.24, 2.45) is 0 Å². The van der Waals surface area contributed by atoms with Gasteiger partial charge in [0, 0.05) is 46.0 Å². The van der Waals surface area contributed by atoms with E-state index in [0.29, 0.717) is 11.6 Å². The minimum Gasteiger partial charge on any atom is -0.363 e. The number of carbonyl (C=O) groups excluding carboxylic acids is 1. The van der Waals surface area contributed by atoms with E-state index in [2.05, 4.69) is 21.7 Å². The Hall–Kier alpha value is -1.66. The Labute approximate surface area is 152 Å². The van der Waals surface area contributed by atoms with Crippen LogP contribution in [0, 0.1) is 0 Å². The van der Waals surface area contributed by atoms with Crippen LogP contribution in [0.1, 0.15) is 30.1 Å². The first kappa shape index (κ1) is 19.7. The lowest BCUT2D eigenvalue weighted by Crippen LogP contribution is -2.45. The normalized spacial score (nSPS) is 17.9. The second-order valence-electron chi connectivity index (χ2n) is 7.28. The van der Waals surface area contributed by atoms with E-state index in [1.165, 1.54) is 12.8 Å². The lowest BCUT2D eigenvalue weighted by Gasteiger charge is -2.31. The predicted molar refractivity (Wildman–Crippen MR) is 103 cm³/mol. The standard InChI is InChI=1S/C19H33N5O/c1-6-23-11-7-8-17(23)15-24(13-12-21(2)3)19(25)16-9-10-18(20-14-16)22(4)5/h9-10,14,17H,6-8,11-13,15H2,1-5H3/t17-/m0/s1. The van der Waals surface area contributed by atoms with Crippen LogP contribution in [-0.2, 0) is 0 Å². The maximum Gasteiger partial charge on any atom is 0.255 e. The van der Waals surface area contributed by atoms with Gasteiger partial charge in [0.2, 0.25) is 0 Å². The second kappa shape index (κ2) is 9.15. The van der Waals surface area contributed by atoms with Gasteiger partial charge in [0.1, 0.15) is 5.82 Å². The topological polar surface area (TPSA) is 42.9 Å². The summed E-state index contributed by atoms with van der Waals surface area (Å²) >= 11 is 0. The molecule has 1 fully saturated rings. The Kier molecular flexibility index (Phi) is 7.20. The molecule has 0 unspecified atom stereocenters. The number of pyridine rings is 1. The van der Waals surface area contributed by atoms with Gasteiger partial charge in [-0.1, -0.05) is 6.92 Å². The van der Waals surface area contributed by atoms with E-state index in [1.807, 2.05) is 50.1 Å². The Balaban J connectivity index is 2.11. The summed E-state index contributed by atoms with van der Waals surface area (Å²) in [4.78, 5) is 26.0. The SMILES string of the molecule is CCN1CCC[C@H]1CN(CCN(C)C)C(=O)c1ccc(N(C)C)nc1. The van der Waals surface area contributed by atoms with Crippen LogP contribution in [0.3, 0.4) is 0 Å². The van der Waals surface area contributed by atoms with Crippen LogP contribution in [0.2, 0.25) is 0 Å². The van der Waals surface area contributed by atoms with E-state index in [0.717, 1.165) is 38.5 Å². The monoisotopic (exact) mass is 347 g/mol. The van der Waals surface area contributed by atoms with Gasteiger partial charge in [0.15, 0.2) is 0 Å². The lowest BCUT2D eigenvalue weighted by atomic mass is 10.1.